The fourth-order valence-corrected chi connectivity index (χ4v) is 7.33. The van der Waals surface area contributed by atoms with Crippen LogP contribution in [0.25, 0.3) is 10.8 Å². The minimum Gasteiger partial charge on any atom is -0.462 e. The number of rotatable bonds is 7. The number of aromatic nitrogens is 2. The number of halogens is 1. The highest BCUT2D eigenvalue weighted by molar-refractivity contribution is 6.36. The Hall–Kier alpha value is -3.65. The Kier molecular flexibility index (Phi) is 7.95. The maximum Gasteiger partial charge on any atom is 0.318 e. The van der Waals surface area contributed by atoms with E-state index in [9.17, 15) is 10.1 Å². The van der Waals surface area contributed by atoms with Crippen LogP contribution in [0.2, 0.25) is 5.02 Å². The standard InChI is InChI=1S/C33H38ClN7O3/c1-21-30(44-21)32(42)41-17-16-40(18-23(41)11-13-35)31-25-12-15-39(28-10-4-7-22-6-3-9-26(34)29(22)28)19-27(25)36-33(37-31)43-20-24-8-5-14-38(24)2/h3-4,6-7,9-10,21,23-24,30H,5,8,11-12,14-20H2,1-2H3/t21-,23-,24-,30-/m0/s1. The van der Waals surface area contributed by atoms with Crippen LogP contribution in [0.1, 0.15) is 37.4 Å². The van der Waals surface area contributed by atoms with Crippen LogP contribution in [0.4, 0.5) is 11.5 Å². The third-order valence-corrected chi connectivity index (χ3v) is 9.93. The molecule has 0 saturated carbocycles. The number of amides is 1. The number of hydrogen-bond acceptors (Lipinski definition) is 9. The van der Waals surface area contributed by atoms with E-state index in [1.807, 2.05) is 24.0 Å². The summed E-state index contributed by atoms with van der Waals surface area (Å²) in [5.74, 6) is 0.836. The molecule has 0 unspecified atom stereocenters. The second kappa shape index (κ2) is 12.0. The molecule has 4 atom stereocenters. The van der Waals surface area contributed by atoms with Crippen LogP contribution < -0.4 is 14.5 Å². The minimum absolute atomic E-state index is 0.0174. The van der Waals surface area contributed by atoms with Crippen LogP contribution in [0.3, 0.4) is 0 Å². The van der Waals surface area contributed by atoms with Crippen molar-refractivity contribution < 1.29 is 14.3 Å². The number of anilines is 2. The molecule has 2 aromatic carbocycles. The first-order valence-corrected chi connectivity index (χ1v) is 16.0. The molecular formula is C33H38ClN7O3. The molecule has 1 amide bonds. The first kappa shape index (κ1) is 29.1. The molecule has 4 aliphatic rings. The van der Waals surface area contributed by atoms with Gasteiger partial charge in [-0.25, -0.2) is 0 Å². The highest BCUT2D eigenvalue weighted by Crippen LogP contribution is 2.37. The first-order valence-electron chi connectivity index (χ1n) is 15.6. The van der Waals surface area contributed by atoms with E-state index in [-0.39, 0.29) is 24.5 Å². The van der Waals surface area contributed by atoms with E-state index in [0.717, 1.165) is 70.9 Å². The van der Waals surface area contributed by atoms with Gasteiger partial charge >= 0.3 is 6.01 Å². The minimum atomic E-state index is -0.392. The molecule has 4 aliphatic heterocycles. The summed E-state index contributed by atoms with van der Waals surface area (Å²) in [5, 5.41) is 12.5. The van der Waals surface area contributed by atoms with E-state index >= 15 is 0 Å². The van der Waals surface area contributed by atoms with Crippen molar-refractivity contribution in [2.75, 3.05) is 56.2 Å². The van der Waals surface area contributed by atoms with Crippen molar-refractivity contribution >= 4 is 39.8 Å². The maximum atomic E-state index is 13.1. The van der Waals surface area contributed by atoms with Crippen molar-refractivity contribution in [3.63, 3.8) is 0 Å². The molecule has 0 aliphatic carbocycles. The number of ether oxygens (including phenoxy) is 2. The molecule has 5 heterocycles. The lowest BCUT2D eigenvalue weighted by Crippen LogP contribution is -2.56. The molecular weight excluding hydrogens is 578 g/mol. The Balaban J connectivity index is 1.20. The van der Waals surface area contributed by atoms with Crippen LogP contribution in [0.5, 0.6) is 6.01 Å². The zero-order valence-electron chi connectivity index (χ0n) is 25.3. The van der Waals surface area contributed by atoms with E-state index in [2.05, 4.69) is 52.1 Å². The number of nitrogens with zero attached hydrogens (tertiary/aromatic N) is 7. The first-order chi connectivity index (χ1) is 21.4. The second-order valence-electron chi connectivity index (χ2n) is 12.4. The Morgan fingerprint density at radius 2 is 1.93 bits per heavy atom. The van der Waals surface area contributed by atoms with Gasteiger partial charge < -0.3 is 29.1 Å². The summed E-state index contributed by atoms with van der Waals surface area (Å²) >= 11 is 6.71. The van der Waals surface area contributed by atoms with E-state index in [1.54, 1.807) is 0 Å². The molecule has 10 nitrogen and oxygen atoms in total. The summed E-state index contributed by atoms with van der Waals surface area (Å²) in [5.41, 5.74) is 3.13. The van der Waals surface area contributed by atoms with Gasteiger partial charge in [0.1, 0.15) is 12.4 Å². The molecule has 3 saturated heterocycles. The largest absolute Gasteiger partial charge is 0.462 e. The number of epoxide rings is 1. The zero-order chi connectivity index (χ0) is 30.4. The molecule has 44 heavy (non-hydrogen) atoms. The quantitative estimate of drug-likeness (QED) is 0.365. The van der Waals surface area contributed by atoms with Gasteiger partial charge in [-0.15, -0.1) is 0 Å². The van der Waals surface area contributed by atoms with Gasteiger partial charge in [-0.1, -0.05) is 35.9 Å². The van der Waals surface area contributed by atoms with Crippen molar-refractivity contribution in [1.82, 2.24) is 19.8 Å². The summed E-state index contributed by atoms with van der Waals surface area (Å²) < 4.78 is 11.8. The summed E-state index contributed by atoms with van der Waals surface area (Å²) in [4.78, 5) is 31.8. The second-order valence-corrected chi connectivity index (χ2v) is 12.8. The van der Waals surface area contributed by atoms with Crippen molar-refractivity contribution in [3.8, 4) is 12.1 Å². The van der Waals surface area contributed by atoms with Gasteiger partial charge in [-0.2, -0.15) is 15.2 Å². The molecule has 1 aromatic heterocycles. The van der Waals surface area contributed by atoms with Gasteiger partial charge in [0, 0.05) is 48.9 Å². The molecule has 7 rings (SSSR count). The maximum absolute atomic E-state index is 13.1. The fourth-order valence-electron chi connectivity index (χ4n) is 7.05. The highest BCUT2D eigenvalue weighted by Gasteiger charge is 2.46. The number of nitriles is 1. The summed E-state index contributed by atoms with van der Waals surface area (Å²) in [6.45, 7) is 6.57. The molecule has 0 radical (unpaired) electrons. The van der Waals surface area contributed by atoms with Crippen molar-refractivity contribution in [2.45, 2.75) is 63.4 Å². The highest BCUT2D eigenvalue weighted by atomic mass is 35.5. The number of hydrogen-bond donors (Lipinski definition) is 0. The summed E-state index contributed by atoms with van der Waals surface area (Å²) in [6.07, 6.45) is 2.82. The number of carbonyl (C=O) groups excluding carboxylic acids is 1. The van der Waals surface area contributed by atoms with Gasteiger partial charge in [0.05, 0.1) is 41.9 Å². The average molecular weight is 616 g/mol. The number of benzene rings is 2. The van der Waals surface area contributed by atoms with E-state index < -0.39 is 6.10 Å². The van der Waals surface area contributed by atoms with Gasteiger partial charge in [0.25, 0.3) is 5.91 Å². The van der Waals surface area contributed by atoms with Crippen molar-refractivity contribution in [3.05, 3.63) is 52.7 Å². The third-order valence-electron chi connectivity index (χ3n) is 9.62. The topological polar surface area (TPSA) is 101 Å². The molecule has 0 N–H and O–H groups in total. The Morgan fingerprint density at radius 3 is 2.68 bits per heavy atom. The SMILES string of the molecule is C[C@@H]1O[C@@H]1C(=O)N1CCN(c2nc(OC[C@@H]3CCCN3C)nc3c2CCN(c2cccc4cccc(Cl)c24)C3)C[C@@H]1CC#N. The Morgan fingerprint density at radius 1 is 1.11 bits per heavy atom. The molecule has 230 valence electrons. The number of fused-ring (bicyclic) bond motifs is 2. The van der Waals surface area contributed by atoms with Crippen molar-refractivity contribution in [2.24, 2.45) is 0 Å². The summed E-state index contributed by atoms with van der Waals surface area (Å²) in [6, 6.07) is 15.1. The molecule has 3 aromatic rings. The van der Waals surface area contributed by atoms with Crippen molar-refractivity contribution in [1.29, 1.82) is 5.26 Å². The monoisotopic (exact) mass is 615 g/mol. The van der Waals surface area contributed by atoms with Crippen LogP contribution in [-0.4, -0.2) is 96.3 Å². The van der Waals surface area contributed by atoms with Crippen LogP contribution in [0, 0.1) is 11.3 Å². The fraction of sp³-hybridized carbons (Fsp3) is 0.515. The summed E-state index contributed by atoms with van der Waals surface area (Å²) in [7, 11) is 2.14. The molecule has 3 fully saturated rings. The normalized spacial score (nSPS) is 25.2. The predicted molar refractivity (Wildman–Crippen MR) is 169 cm³/mol. The lowest BCUT2D eigenvalue weighted by Gasteiger charge is -2.42. The number of likely N-dealkylation sites (N-methyl/N-ethyl adjacent to an activating group) is 1. The van der Waals surface area contributed by atoms with Crippen LogP contribution >= 0.6 is 11.6 Å². The number of piperazine rings is 1. The van der Waals surface area contributed by atoms with E-state index in [4.69, 9.17) is 31.0 Å². The number of likely N-dealkylation sites (tertiary alicyclic amines) is 1. The lowest BCUT2D eigenvalue weighted by atomic mass is 10.0. The Labute approximate surface area is 263 Å². The van der Waals surface area contributed by atoms with Crippen LogP contribution in [0.15, 0.2) is 36.4 Å². The third kappa shape index (κ3) is 5.53. The Bertz CT molecular complexity index is 1610. The van der Waals surface area contributed by atoms with E-state index in [1.165, 1.54) is 0 Å². The molecule has 0 spiro atoms. The van der Waals surface area contributed by atoms with Gasteiger partial charge in [-0.05, 0) is 57.3 Å². The average Bonchev–Trinajstić information content (AvgIpc) is 3.63. The molecule has 0 bridgehead atoms. The smallest absolute Gasteiger partial charge is 0.318 e. The van der Waals surface area contributed by atoms with E-state index in [0.29, 0.717) is 44.8 Å². The van der Waals surface area contributed by atoms with Gasteiger partial charge in [-0.3, -0.25) is 4.79 Å². The number of carbonyl (C=O) groups is 1. The van der Waals surface area contributed by atoms with Crippen LogP contribution in [-0.2, 0) is 22.5 Å². The van der Waals surface area contributed by atoms with Gasteiger partial charge in [0.2, 0.25) is 0 Å². The zero-order valence-corrected chi connectivity index (χ0v) is 26.0. The lowest BCUT2D eigenvalue weighted by molar-refractivity contribution is -0.135. The molecule has 11 heteroatoms. The predicted octanol–water partition coefficient (Wildman–Crippen LogP) is 4.04. The van der Waals surface area contributed by atoms with Gasteiger partial charge in [0.15, 0.2) is 6.10 Å².